The lowest BCUT2D eigenvalue weighted by atomic mass is 9.79. The van der Waals surface area contributed by atoms with E-state index in [1.54, 1.807) is 12.0 Å². The van der Waals surface area contributed by atoms with Crippen molar-refractivity contribution in [3.63, 3.8) is 0 Å². The van der Waals surface area contributed by atoms with Crippen molar-refractivity contribution in [3.8, 4) is 0 Å². The van der Waals surface area contributed by atoms with Crippen molar-refractivity contribution >= 4 is 11.9 Å². The molecule has 0 aromatic heterocycles. The Balaban J connectivity index is 2.02. The van der Waals surface area contributed by atoms with Gasteiger partial charge in [0.15, 0.2) is 0 Å². The SMILES string of the molecule is COCCN1C(=O)NC(=N)C1C1CCC1. The molecule has 0 spiro atoms. The summed E-state index contributed by atoms with van der Waals surface area (Å²) in [4.78, 5) is 13.3. The van der Waals surface area contributed by atoms with Crippen LogP contribution in [0.15, 0.2) is 0 Å². The molecule has 5 nitrogen and oxygen atoms in total. The van der Waals surface area contributed by atoms with Crippen molar-refractivity contribution in [2.75, 3.05) is 20.3 Å². The number of hydrogen-bond acceptors (Lipinski definition) is 3. The first-order valence-electron chi connectivity index (χ1n) is 5.39. The number of nitrogens with one attached hydrogen (secondary N) is 2. The topological polar surface area (TPSA) is 65.4 Å². The van der Waals surface area contributed by atoms with Crippen LogP contribution < -0.4 is 5.32 Å². The molecule has 1 atom stereocenters. The van der Waals surface area contributed by atoms with Crippen LogP contribution in [0.4, 0.5) is 4.79 Å². The molecule has 1 aliphatic heterocycles. The van der Waals surface area contributed by atoms with E-state index >= 15 is 0 Å². The predicted octanol–water partition coefficient (Wildman–Crippen LogP) is 0.804. The van der Waals surface area contributed by atoms with Gasteiger partial charge < -0.3 is 9.64 Å². The highest BCUT2D eigenvalue weighted by Gasteiger charge is 2.42. The van der Waals surface area contributed by atoms with Crippen LogP contribution in [-0.2, 0) is 4.74 Å². The summed E-state index contributed by atoms with van der Waals surface area (Å²) in [6, 6.07) is -0.171. The number of nitrogens with zero attached hydrogens (tertiary/aromatic N) is 1. The Labute approximate surface area is 89.3 Å². The fourth-order valence-corrected chi connectivity index (χ4v) is 2.22. The minimum atomic E-state index is -0.144. The van der Waals surface area contributed by atoms with E-state index in [-0.39, 0.29) is 12.1 Å². The lowest BCUT2D eigenvalue weighted by molar-refractivity contribution is 0.123. The normalized spacial score (nSPS) is 26.7. The molecule has 1 saturated carbocycles. The van der Waals surface area contributed by atoms with E-state index in [0.29, 0.717) is 24.9 Å². The van der Waals surface area contributed by atoms with Gasteiger partial charge in [-0.05, 0) is 18.8 Å². The number of rotatable bonds is 4. The van der Waals surface area contributed by atoms with Crippen LogP contribution in [0.2, 0.25) is 0 Å². The van der Waals surface area contributed by atoms with E-state index < -0.39 is 0 Å². The Morgan fingerprint density at radius 3 is 2.87 bits per heavy atom. The highest BCUT2D eigenvalue weighted by atomic mass is 16.5. The first-order valence-corrected chi connectivity index (χ1v) is 5.39. The summed E-state index contributed by atoms with van der Waals surface area (Å²) >= 11 is 0. The maximum atomic E-state index is 11.6. The highest BCUT2D eigenvalue weighted by Crippen LogP contribution is 2.34. The molecule has 1 saturated heterocycles. The Kier molecular flexibility index (Phi) is 2.90. The summed E-state index contributed by atoms with van der Waals surface area (Å²) in [7, 11) is 1.62. The van der Waals surface area contributed by atoms with Gasteiger partial charge in [0.25, 0.3) is 0 Å². The van der Waals surface area contributed by atoms with Crippen molar-refractivity contribution in [1.29, 1.82) is 5.41 Å². The molecule has 0 radical (unpaired) electrons. The molecule has 2 amide bonds. The zero-order valence-electron chi connectivity index (χ0n) is 8.95. The van der Waals surface area contributed by atoms with Crippen LogP contribution in [0.1, 0.15) is 19.3 Å². The third-order valence-corrected chi connectivity index (χ3v) is 3.27. The second-order valence-electron chi connectivity index (χ2n) is 4.17. The van der Waals surface area contributed by atoms with Crippen LogP contribution in [0, 0.1) is 11.3 Å². The Bertz CT molecular complexity index is 276. The Morgan fingerprint density at radius 2 is 2.33 bits per heavy atom. The Hall–Kier alpha value is -1.10. The number of amidine groups is 1. The van der Waals surface area contributed by atoms with Crippen molar-refractivity contribution in [1.82, 2.24) is 10.2 Å². The number of ether oxygens (including phenoxy) is 1. The molecule has 1 aliphatic carbocycles. The number of carbonyl (C=O) groups is 1. The summed E-state index contributed by atoms with van der Waals surface area (Å²) in [5.41, 5.74) is 0. The summed E-state index contributed by atoms with van der Waals surface area (Å²) in [5.74, 6) is 0.842. The standard InChI is InChI=1S/C10H17N3O2/c1-15-6-5-13-8(7-3-2-4-7)9(11)12-10(13)14/h7-8H,2-6H2,1H3,(H2,11,12,14). The number of hydrogen-bond donors (Lipinski definition) is 2. The van der Waals surface area contributed by atoms with Gasteiger partial charge in [-0.2, -0.15) is 0 Å². The second kappa shape index (κ2) is 4.18. The van der Waals surface area contributed by atoms with Crippen LogP contribution in [0.3, 0.4) is 0 Å². The van der Waals surface area contributed by atoms with Gasteiger partial charge in [-0.25, -0.2) is 4.79 Å². The minimum absolute atomic E-state index is 0.0265. The molecule has 1 heterocycles. The molecule has 2 N–H and O–H groups in total. The fourth-order valence-electron chi connectivity index (χ4n) is 2.22. The fraction of sp³-hybridized carbons (Fsp3) is 0.800. The van der Waals surface area contributed by atoms with Crippen LogP contribution in [0.25, 0.3) is 0 Å². The quantitative estimate of drug-likeness (QED) is 0.722. The van der Waals surface area contributed by atoms with Gasteiger partial charge in [-0.3, -0.25) is 10.7 Å². The first kappa shape index (κ1) is 10.4. The third-order valence-electron chi connectivity index (χ3n) is 3.27. The number of carbonyl (C=O) groups excluding carboxylic acids is 1. The van der Waals surface area contributed by atoms with E-state index in [1.165, 1.54) is 6.42 Å². The summed E-state index contributed by atoms with van der Waals surface area (Å²) < 4.78 is 4.97. The smallest absolute Gasteiger partial charge is 0.323 e. The van der Waals surface area contributed by atoms with E-state index in [4.69, 9.17) is 10.1 Å². The Morgan fingerprint density at radius 1 is 1.60 bits per heavy atom. The third kappa shape index (κ3) is 1.84. The maximum Gasteiger partial charge on any atom is 0.323 e. The molecule has 5 heteroatoms. The van der Waals surface area contributed by atoms with Gasteiger partial charge >= 0.3 is 6.03 Å². The number of urea groups is 1. The molecular formula is C10H17N3O2. The summed E-state index contributed by atoms with van der Waals surface area (Å²) in [5, 5.41) is 10.3. The van der Waals surface area contributed by atoms with Crippen molar-refractivity contribution < 1.29 is 9.53 Å². The lowest BCUT2D eigenvalue weighted by Gasteiger charge is -2.35. The molecular weight excluding hydrogens is 194 g/mol. The molecule has 1 unspecified atom stereocenters. The molecule has 2 aliphatic rings. The van der Waals surface area contributed by atoms with Gasteiger partial charge in [-0.1, -0.05) is 6.42 Å². The molecule has 84 valence electrons. The summed E-state index contributed by atoms with van der Waals surface area (Å²) in [6.07, 6.45) is 3.48. The predicted molar refractivity (Wildman–Crippen MR) is 56.0 cm³/mol. The monoisotopic (exact) mass is 211 g/mol. The highest BCUT2D eigenvalue weighted by molar-refractivity contribution is 6.05. The van der Waals surface area contributed by atoms with E-state index in [2.05, 4.69) is 5.32 Å². The molecule has 0 aromatic rings. The van der Waals surface area contributed by atoms with Crippen molar-refractivity contribution in [2.45, 2.75) is 25.3 Å². The van der Waals surface area contributed by atoms with Gasteiger partial charge in [0.05, 0.1) is 12.6 Å². The van der Waals surface area contributed by atoms with Crippen LogP contribution in [-0.4, -0.2) is 43.1 Å². The number of amides is 2. The minimum Gasteiger partial charge on any atom is -0.383 e. The second-order valence-corrected chi connectivity index (χ2v) is 4.17. The zero-order valence-corrected chi connectivity index (χ0v) is 8.95. The van der Waals surface area contributed by atoms with Crippen molar-refractivity contribution in [3.05, 3.63) is 0 Å². The number of methoxy groups -OCH3 is 1. The largest absolute Gasteiger partial charge is 0.383 e. The molecule has 0 bridgehead atoms. The van der Waals surface area contributed by atoms with Gasteiger partial charge in [0, 0.05) is 13.7 Å². The molecule has 15 heavy (non-hydrogen) atoms. The van der Waals surface area contributed by atoms with Crippen molar-refractivity contribution in [2.24, 2.45) is 5.92 Å². The zero-order chi connectivity index (χ0) is 10.8. The summed E-state index contributed by atoms with van der Waals surface area (Å²) in [6.45, 7) is 1.11. The van der Waals surface area contributed by atoms with E-state index in [1.807, 2.05) is 0 Å². The van der Waals surface area contributed by atoms with Gasteiger partial charge in [0.1, 0.15) is 5.84 Å². The van der Waals surface area contributed by atoms with Crippen LogP contribution >= 0.6 is 0 Å². The molecule has 2 fully saturated rings. The lowest BCUT2D eigenvalue weighted by Crippen LogP contribution is -2.44. The van der Waals surface area contributed by atoms with Gasteiger partial charge in [-0.15, -0.1) is 0 Å². The average molecular weight is 211 g/mol. The van der Waals surface area contributed by atoms with E-state index in [0.717, 1.165) is 12.8 Å². The van der Waals surface area contributed by atoms with Crippen LogP contribution in [0.5, 0.6) is 0 Å². The van der Waals surface area contributed by atoms with E-state index in [9.17, 15) is 4.79 Å². The molecule has 2 rings (SSSR count). The molecule has 0 aromatic carbocycles. The van der Waals surface area contributed by atoms with Gasteiger partial charge in [0.2, 0.25) is 0 Å². The maximum absolute atomic E-state index is 11.6. The average Bonchev–Trinajstić information content (AvgIpc) is 2.37. The first-order chi connectivity index (χ1) is 7.24.